The van der Waals surface area contributed by atoms with Crippen molar-refractivity contribution in [1.82, 2.24) is 20.2 Å². The third-order valence-corrected chi connectivity index (χ3v) is 5.05. The highest BCUT2D eigenvalue weighted by atomic mass is 127. The van der Waals surface area contributed by atoms with Crippen LogP contribution >= 0.6 is 34.2 Å². The fourth-order valence-corrected chi connectivity index (χ4v) is 3.40. The first kappa shape index (κ1) is 14.9. The van der Waals surface area contributed by atoms with Gasteiger partial charge in [-0.15, -0.1) is 0 Å². The first-order valence-corrected chi connectivity index (χ1v) is 8.72. The van der Waals surface area contributed by atoms with Gasteiger partial charge in [0, 0.05) is 8.59 Å². The van der Waals surface area contributed by atoms with Crippen molar-refractivity contribution in [2.24, 2.45) is 0 Å². The highest BCUT2D eigenvalue weighted by molar-refractivity contribution is 14.1. The topological polar surface area (TPSA) is 55.6 Å². The second-order valence-electron chi connectivity index (χ2n) is 5.50. The number of rotatable bonds is 2. The van der Waals surface area contributed by atoms with Gasteiger partial charge in [0.15, 0.2) is 0 Å². The third-order valence-electron chi connectivity index (χ3n) is 4.08. The Labute approximate surface area is 152 Å². The molecule has 5 nitrogen and oxygen atoms in total. The molecule has 7 heteroatoms. The van der Waals surface area contributed by atoms with E-state index < -0.39 is 0 Å². The van der Waals surface area contributed by atoms with Crippen LogP contribution in [0.2, 0.25) is 5.02 Å². The van der Waals surface area contributed by atoms with Crippen molar-refractivity contribution in [1.29, 1.82) is 0 Å². The van der Waals surface area contributed by atoms with Gasteiger partial charge in [-0.2, -0.15) is 0 Å². The van der Waals surface area contributed by atoms with Gasteiger partial charge in [0.2, 0.25) is 5.95 Å². The fraction of sp³-hybridized carbons (Fsp3) is 0.188. The van der Waals surface area contributed by atoms with E-state index in [-0.39, 0.29) is 12.1 Å². The smallest absolute Gasteiger partial charge is 0.243 e. The number of hydrogen-bond donors (Lipinski definition) is 1. The molecule has 4 rings (SSSR count). The quantitative estimate of drug-likeness (QED) is 0.614. The summed E-state index contributed by atoms with van der Waals surface area (Å²) >= 11 is 8.32. The summed E-state index contributed by atoms with van der Waals surface area (Å²) in [6.45, 7) is 0. The Kier molecular flexibility index (Phi) is 3.94. The van der Waals surface area contributed by atoms with Crippen molar-refractivity contribution in [2.45, 2.75) is 18.5 Å². The van der Waals surface area contributed by atoms with Crippen LogP contribution in [0.3, 0.4) is 0 Å². The molecule has 23 heavy (non-hydrogen) atoms. The van der Waals surface area contributed by atoms with Gasteiger partial charge < -0.3 is 5.32 Å². The molecule has 1 aliphatic rings. The summed E-state index contributed by atoms with van der Waals surface area (Å²) < 4.78 is 3.06. The Morgan fingerprint density at radius 1 is 1.04 bits per heavy atom. The maximum atomic E-state index is 6.01. The van der Waals surface area contributed by atoms with E-state index in [9.17, 15) is 0 Å². The lowest BCUT2D eigenvalue weighted by molar-refractivity contribution is 0.424. The lowest BCUT2D eigenvalue weighted by Gasteiger charge is -2.31. The van der Waals surface area contributed by atoms with E-state index in [4.69, 9.17) is 11.6 Å². The average molecular weight is 438 g/mol. The SMILES string of the molecule is Clc1ccc(C2CC(c3ccc(I)cc3)Nc3nnnn32)cc1. The van der Waals surface area contributed by atoms with Crippen molar-refractivity contribution in [3.8, 4) is 0 Å². The number of hydrogen-bond acceptors (Lipinski definition) is 4. The Bertz CT molecular complexity index is 815. The number of nitrogens with one attached hydrogen (secondary N) is 1. The molecule has 0 fully saturated rings. The molecule has 1 aliphatic heterocycles. The minimum Gasteiger partial charge on any atom is -0.346 e. The number of halogens is 2. The monoisotopic (exact) mass is 437 g/mol. The van der Waals surface area contributed by atoms with Gasteiger partial charge in [0.25, 0.3) is 0 Å². The van der Waals surface area contributed by atoms with E-state index in [0.29, 0.717) is 5.95 Å². The van der Waals surface area contributed by atoms with Crippen molar-refractivity contribution in [3.63, 3.8) is 0 Å². The van der Waals surface area contributed by atoms with E-state index in [1.807, 2.05) is 28.9 Å². The molecule has 0 saturated heterocycles. The van der Waals surface area contributed by atoms with E-state index >= 15 is 0 Å². The van der Waals surface area contributed by atoms with Crippen LogP contribution in [0, 0.1) is 3.57 Å². The maximum absolute atomic E-state index is 6.01. The third kappa shape index (κ3) is 2.92. The number of anilines is 1. The van der Waals surface area contributed by atoms with Crippen LogP contribution in [0.5, 0.6) is 0 Å². The second-order valence-corrected chi connectivity index (χ2v) is 7.18. The first-order valence-electron chi connectivity index (χ1n) is 7.26. The summed E-state index contributed by atoms with van der Waals surface area (Å²) in [4.78, 5) is 0. The van der Waals surface area contributed by atoms with E-state index in [0.717, 1.165) is 17.0 Å². The molecule has 0 radical (unpaired) electrons. The maximum Gasteiger partial charge on any atom is 0.243 e. The normalized spacial score (nSPS) is 19.9. The number of benzene rings is 2. The number of tetrazole rings is 1. The van der Waals surface area contributed by atoms with Gasteiger partial charge in [0.05, 0.1) is 12.1 Å². The molecule has 0 saturated carbocycles. The molecule has 1 N–H and O–H groups in total. The van der Waals surface area contributed by atoms with Crippen molar-refractivity contribution < 1.29 is 0 Å². The summed E-state index contributed by atoms with van der Waals surface area (Å²) in [6.07, 6.45) is 0.875. The molecular formula is C16H13ClIN5. The molecular weight excluding hydrogens is 425 g/mol. The number of aromatic nitrogens is 4. The van der Waals surface area contributed by atoms with Crippen LogP contribution in [0.25, 0.3) is 0 Å². The van der Waals surface area contributed by atoms with Gasteiger partial charge in [-0.3, -0.25) is 0 Å². The summed E-state index contributed by atoms with van der Waals surface area (Å²) in [5, 5.41) is 16.2. The largest absolute Gasteiger partial charge is 0.346 e. The molecule has 0 aliphatic carbocycles. The minimum absolute atomic E-state index is 0.0859. The Morgan fingerprint density at radius 3 is 2.48 bits per heavy atom. The predicted molar refractivity (Wildman–Crippen MR) is 97.5 cm³/mol. The molecule has 116 valence electrons. The standard InChI is InChI=1S/C16H13ClIN5/c17-12-5-1-11(2-6-12)15-9-14(10-3-7-13(18)8-4-10)19-16-20-21-22-23(15)16/h1-8,14-15H,9H2,(H,19,20,22). The van der Waals surface area contributed by atoms with E-state index in [2.05, 4.69) is 67.7 Å². The minimum atomic E-state index is 0.0859. The molecule has 0 spiro atoms. The van der Waals surface area contributed by atoms with Gasteiger partial charge in [-0.1, -0.05) is 41.0 Å². The summed E-state index contributed by atoms with van der Waals surface area (Å²) in [5.41, 5.74) is 2.39. The molecule has 1 aromatic heterocycles. The zero-order chi connectivity index (χ0) is 15.8. The van der Waals surface area contributed by atoms with Gasteiger partial charge in [-0.05, 0) is 74.8 Å². The Balaban J connectivity index is 1.71. The molecule has 2 aromatic carbocycles. The van der Waals surface area contributed by atoms with E-state index in [1.165, 1.54) is 9.13 Å². The van der Waals surface area contributed by atoms with Crippen LogP contribution in [0.4, 0.5) is 5.95 Å². The van der Waals surface area contributed by atoms with Crippen molar-refractivity contribution >= 4 is 40.1 Å². The average Bonchev–Trinajstić information content (AvgIpc) is 3.04. The van der Waals surface area contributed by atoms with Crippen LogP contribution < -0.4 is 5.32 Å². The lowest BCUT2D eigenvalue weighted by Crippen LogP contribution is -2.28. The molecule has 0 bridgehead atoms. The summed E-state index contributed by atoms with van der Waals surface area (Å²) in [5.74, 6) is 0.694. The molecule has 2 unspecified atom stereocenters. The van der Waals surface area contributed by atoms with Gasteiger partial charge >= 0.3 is 0 Å². The van der Waals surface area contributed by atoms with Gasteiger partial charge in [-0.25, -0.2) is 4.68 Å². The summed E-state index contributed by atoms with van der Waals surface area (Å²) in [6, 6.07) is 16.7. The van der Waals surface area contributed by atoms with Crippen LogP contribution in [-0.2, 0) is 0 Å². The predicted octanol–water partition coefficient (Wildman–Crippen LogP) is 4.08. The molecule has 2 atom stereocenters. The van der Waals surface area contributed by atoms with Crippen molar-refractivity contribution in [3.05, 3.63) is 68.3 Å². The fourth-order valence-electron chi connectivity index (χ4n) is 2.91. The molecule has 3 aromatic rings. The molecule has 0 amide bonds. The lowest BCUT2D eigenvalue weighted by atomic mass is 9.93. The number of fused-ring (bicyclic) bond motifs is 1. The number of nitrogens with zero attached hydrogens (tertiary/aromatic N) is 4. The van der Waals surface area contributed by atoms with E-state index in [1.54, 1.807) is 0 Å². The highest BCUT2D eigenvalue weighted by Gasteiger charge is 2.30. The zero-order valence-corrected chi connectivity index (χ0v) is 14.9. The highest BCUT2D eigenvalue weighted by Crippen LogP contribution is 2.37. The van der Waals surface area contributed by atoms with Crippen LogP contribution in [-0.4, -0.2) is 20.2 Å². The second kappa shape index (κ2) is 6.09. The Hall–Kier alpha value is -1.67. The van der Waals surface area contributed by atoms with Crippen LogP contribution in [0.15, 0.2) is 48.5 Å². The van der Waals surface area contributed by atoms with Crippen molar-refractivity contribution in [2.75, 3.05) is 5.32 Å². The Morgan fingerprint density at radius 2 is 1.74 bits per heavy atom. The van der Waals surface area contributed by atoms with Gasteiger partial charge in [0.1, 0.15) is 0 Å². The zero-order valence-electron chi connectivity index (χ0n) is 12.0. The summed E-state index contributed by atoms with van der Waals surface area (Å²) in [7, 11) is 0. The van der Waals surface area contributed by atoms with Crippen LogP contribution in [0.1, 0.15) is 29.6 Å². The molecule has 2 heterocycles. The first-order chi connectivity index (χ1) is 11.2.